The Labute approximate surface area is 198 Å². The number of rotatable bonds is 6. The molecule has 0 bridgehead atoms. The third-order valence-corrected chi connectivity index (χ3v) is 6.37. The number of ether oxygens (including phenoxy) is 1. The molecular formula is C26H19F2N3O2S. The number of carbonyl (C=O) groups is 1. The van der Waals surface area contributed by atoms with Crippen LogP contribution in [0, 0.1) is 11.6 Å². The summed E-state index contributed by atoms with van der Waals surface area (Å²) in [5.41, 5.74) is 1.17. The summed E-state index contributed by atoms with van der Waals surface area (Å²) >= 11 is 1.05. The molecule has 2 aromatic heterocycles. The lowest BCUT2D eigenvalue weighted by Gasteiger charge is -2.22. The highest BCUT2D eigenvalue weighted by Gasteiger charge is 2.27. The first-order chi connectivity index (χ1) is 16.5. The van der Waals surface area contributed by atoms with Crippen LogP contribution in [0.3, 0.4) is 0 Å². The van der Waals surface area contributed by atoms with Crippen molar-refractivity contribution in [2.45, 2.75) is 13.5 Å². The summed E-state index contributed by atoms with van der Waals surface area (Å²) in [6.45, 7) is 2.37. The Bertz CT molecular complexity index is 1500. The van der Waals surface area contributed by atoms with E-state index in [0.717, 1.165) is 33.7 Å². The minimum atomic E-state index is -0.772. The highest BCUT2D eigenvalue weighted by atomic mass is 32.1. The highest BCUT2D eigenvalue weighted by molar-refractivity contribution is 7.22. The molecule has 170 valence electrons. The normalized spacial score (nSPS) is 11.1. The number of pyridine rings is 1. The maximum Gasteiger partial charge on any atom is 0.264 e. The number of fused-ring (bicyclic) bond motifs is 2. The number of halogens is 2. The molecule has 34 heavy (non-hydrogen) atoms. The third-order valence-electron chi connectivity index (χ3n) is 5.35. The van der Waals surface area contributed by atoms with E-state index < -0.39 is 11.6 Å². The first-order valence-corrected chi connectivity index (χ1v) is 11.5. The van der Waals surface area contributed by atoms with E-state index in [2.05, 4.69) is 9.97 Å². The SMILES string of the molecule is CCOc1ccc2ccccc2c1C(=O)N(Cc1cccnc1)c1nc2c(F)cc(F)cc2s1. The Morgan fingerprint density at radius 1 is 1.09 bits per heavy atom. The first-order valence-electron chi connectivity index (χ1n) is 10.7. The van der Waals surface area contributed by atoms with Gasteiger partial charge in [-0.1, -0.05) is 47.7 Å². The van der Waals surface area contributed by atoms with Crippen LogP contribution in [-0.4, -0.2) is 22.5 Å². The van der Waals surface area contributed by atoms with Gasteiger partial charge in [0.25, 0.3) is 5.91 Å². The zero-order valence-electron chi connectivity index (χ0n) is 18.2. The van der Waals surface area contributed by atoms with Gasteiger partial charge in [0.2, 0.25) is 0 Å². The quantitative estimate of drug-likeness (QED) is 0.286. The van der Waals surface area contributed by atoms with E-state index in [9.17, 15) is 13.6 Å². The Hall–Kier alpha value is -3.91. The van der Waals surface area contributed by atoms with Crippen LogP contribution in [0.2, 0.25) is 0 Å². The summed E-state index contributed by atoms with van der Waals surface area (Å²) in [7, 11) is 0. The van der Waals surface area contributed by atoms with Gasteiger partial charge in [-0.3, -0.25) is 14.7 Å². The van der Waals surface area contributed by atoms with Crippen molar-refractivity contribution in [3.05, 3.63) is 95.8 Å². The summed E-state index contributed by atoms with van der Waals surface area (Å²) in [6.07, 6.45) is 3.30. The zero-order valence-corrected chi connectivity index (χ0v) is 19.0. The van der Waals surface area contributed by atoms with Gasteiger partial charge in [-0.25, -0.2) is 13.8 Å². The molecule has 8 heteroatoms. The van der Waals surface area contributed by atoms with Gasteiger partial charge in [-0.05, 0) is 41.5 Å². The van der Waals surface area contributed by atoms with E-state index in [-0.39, 0.29) is 23.1 Å². The van der Waals surface area contributed by atoms with E-state index in [1.165, 1.54) is 11.0 Å². The molecule has 3 aromatic carbocycles. The lowest BCUT2D eigenvalue weighted by Crippen LogP contribution is -2.31. The number of thiazole rings is 1. The molecule has 0 fully saturated rings. The maximum atomic E-state index is 14.4. The molecule has 0 radical (unpaired) electrons. The number of benzene rings is 3. The maximum absolute atomic E-state index is 14.4. The minimum absolute atomic E-state index is 0.0216. The van der Waals surface area contributed by atoms with E-state index in [4.69, 9.17) is 4.74 Å². The number of nitrogens with zero attached hydrogens (tertiary/aromatic N) is 3. The Balaban J connectivity index is 1.69. The molecule has 0 unspecified atom stereocenters. The number of hydrogen-bond acceptors (Lipinski definition) is 5. The van der Waals surface area contributed by atoms with Crippen molar-refractivity contribution in [1.29, 1.82) is 0 Å². The molecule has 0 aliphatic carbocycles. The van der Waals surface area contributed by atoms with Gasteiger partial charge in [-0.15, -0.1) is 0 Å². The molecule has 0 saturated heterocycles. The Morgan fingerprint density at radius 3 is 2.74 bits per heavy atom. The van der Waals surface area contributed by atoms with Crippen LogP contribution >= 0.6 is 11.3 Å². The molecule has 5 rings (SSSR count). The molecule has 5 aromatic rings. The summed E-state index contributed by atoms with van der Waals surface area (Å²) < 4.78 is 34.4. The topological polar surface area (TPSA) is 55.3 Å². The monoisotopic (exact) mass is 475 g/mol. The highest BCUT2D eigenvalue weighted by Crippen LogP contribution is 2.36. The number of anilines is 1. The second-order valence-electron chi connectivity index (χ2n) is 7.58. The minimum Gasteiger partial charge on any atom is -0.493 e. The van der Waals surface area contributed by atoms with Crippen molar-refractivity contribution >= 4 is 43.4 Å². The van der Waals surface area contributed by atoms with Crippen molar-refractivity contribution in [3.8, 4) is 5.75 Å². The standard InChI is InChI=1S/C26H19F2N3O2S/c1-2-33-21-10-9-17-7-3-4-8-19(17)23(21)25(32)31(15-16-6-5-11-29-14-16)26-30-24-20(28)12-18(27)13-22(24)34-26/h3-14H,2,15H2,1H3. The fourth-order valence-corrected chi connectivity index (χ4v) is 4.85. The molecular weight excluding hydrogens is 456 g/mol. The smallest absolute Gasteiger partial charge is 0.264 e. The Kier molecular flexibility index (Phi) is 5.90. The van der Waals surface area contributed by atoms with Gasteiger partial charge < -0.3 is 4.74 Å². The van der Waals surface area contributed by atoms with Crippen molar-refractivity contribution in [1.82, 2.24) is 9.97 Å². The van der Waals surface area contributed by atoms with Crippen molar-refractivity contribution in [2.24, 2.45) is 0 Å². The predicted octanol–water partition coefficient (Wildman–Crippen LogP) is 6.37. The van der Waals surface area contributed by atoms with E-state index in [0.29, 0.717) is 22.6 Å². The summed E-state index contributed by atoms with van der Waals surface area (Å²) in [5, 5.41) is 1.87. The molecule has 0 aliphatic rings. The van der Waals surface area contributed by atoms with E-state index in [1.807, 2.05) is 43.3 Å². The summed E-state index contributed by atoms with van der Waals surface area (Å²) in [4.78, 5) is 24.1. The molecule has 0 N–H and O–H groups in total. The first kappa shape index (κ1) is 21.9. The number of aromatic nitrogens is 2. The Morgan fingerprint density at radius 2 is 1.94 bits per heavy atom. The van der Waals surface area contributed by atoms with E-state index in [1.54, 1.807) is 24.5 Å². The van der Waals surface area contributed by atoms with Crippen LogP contribution in [0.15, 0.2) is 73.1 Å². The largest absolute Gasteiger partial charge is 0.493 e. The van der Waals surface area contributed by atoms with Crippen LogP contribution in [0.1, 0.15) is 22.8 Å². The summed E-state index contributed by atoms with van der Waals surface area (Å²) in [5.74, 6) is -1.38. The fourth-order valence-electron chi connectivity index (χ4n) is 3.84. The molecule has 0 saturated carbocycles. The zero-order chi connectivity index (χ0) is 23.7. The van der Waals surface area contributed by atoms with Gasteiger partial charge in [0.05, 0.1) is 23.4 Å². The average Bonchev–Trinajstić information content (AvgIpc) is 3.27. The molecule has 1 amide bonds. The van der Waals surface area contributed by atoms with Gasteiger partial charge in [0, 0.05) is 18.5 Å². The van der Waals surface area contributed by atoms with Gasteiger partial charge >= 0.3 is 0 Å². The van der Waals surface area contributed by atoms with Gasteiger partial charge in [0.1, 0.15) is 17.1 Å². The predicted molar refractivity (Wildman–Crippen MR) is 129 cm³/mol. The lowest BCUT2D eigenvalue weighted by atomic mass is 10.0. The second-order valence-corrected chi connectivity index (χ2v) is 8.59. The van der Waals surface area contributed by atoms with Crippen LogP contribution in [0.25, 0.3) is 21.0 Å². The van der Waals surface area contributed by atoms with Crippen molar-refractivity contribution < 1.29 is 18.3 Å². The lowest BCUT2D eigenvalue weighted by molar-refractivity contribution is 0.0983. The van der Waals surface area contributed by atoms with Gasteiger partial charge in [0.15, 0.2) is 10.9 Å². The number of carbonyl (C=O) groups excluding carboxylic acids is 1. The molecule has 0 aliphatic heterocycles. The second kappa shape index (κ2) is 9.15. The molecule has 5 nitrogen and oxygen atoms in total. The summed E-state index contributed by atoms with van der Waals surface area (Å²) in [6, 6.07) is 16.8. The molecule has 2 heterocycles. The average molecular weight is 476 g/mol. The number of hydrogen-bond donors (Lipinski definition) is 0. The molecule has 0 spiro atoms. The van der Waals surface area contributed by atoms with Crippen LogP contribution in [0.5, 0.6) is 5.75 Å². The van der Waals surface area contributed by atoms with Crippen LogP contribution in [0.4, 0.5) is 13.9 Å². The van der Waals surface area contributed by atoms with Crippen molar-refractivity contribution in [2.75, 3.05) is 11.5 Å². The van der Waals surface area contributed by atoms with Gasteiger partial charge in [-0.2, -0.15) is 0 Å². The molecule has 0 atom stereocenters. The van der Waals surface area contributed by atoms with Crippen LogP contribution in [-0.2, 0) is 6.54 Å². The number of amides is 1. The van der Waals surface area contributed by atoms with Crippen LogP contribution < -0.4 is 9.64 Å². The fraction of sp³-hybridized carbons (Fsp3) is 0.115. The third kappa shape index (κ3) is 4.08. The van der Waals surface area contributed by atoms with E-state index >= 15 is 0 Å². The van der Waals surface area contributed by atoms with Crippen molar-refractivity contribution in [3.63, 3.8) is 0 Å².